The van der Waals surface area contributed by atoms with Gasteiger partial charge in [0.2, 0.25) is 0 Å². The number of H-pyrrole nitrogens is 1. The molecule has 0 unspecified atom stereocenters. The maximum absolute atomic E-state index is 12.6. The molecule has 2 aromatic rings. The number of amides is 1. The molecule has 1 aromatic carbocycles. The minimum Gasteiger partial charge on any atom is -0.486 e. The lowest BCUT2D eigenvalue weighted by molar-refractivity contribution is 0.0893. The highest BCUT2D eigenvalue weighted by molar-refractivity contribution is 5.98. The Morgan fingerprint density at radius 1 is 1.29 bits per heavy atom. The van der Waals surface area contributed by atoms with Gasteiger partial charge in [0.05, 0.1) is 37.2 Å². The van der Waals surface area contributed by atoms with E-state index in [1.807, 2.05) is 0 Å². The first-order chi connectivity index (χ1) is 11.8. The number of benzene rings is 1. The molecule has 2 aliphatic heterocycles. The topological polar surface area (TPSA) is 94.7 Å². The van der Waals surface area contributed by atoms with Gasteiger partial charge < -0.3 is 24.3 Å². The minimum atomic E-state index is -0.275. The molecule has 1 amide bonds. The van der Waals surface area contributed by atoms with E-state index in [4.69, 9.17) is 18.9 Å². The molecule has 1 aromatic heterocycles. The highest BCUT2D eigenvalue weighted by atomic mass is 16.6. The van der Waals surface area contributed by atoms with Crippen LogP contribution >= 0.6 is 0 Å². The van der Waals surface area contributed by atoms with E-state index < -0.39 is 0 Å². The molecule has 2 atom stereocenters. The van der Waals surface area contributed by atoms with E-state index in [9.17, 15) is 4.79 Å². The third-order valence-corrected chi connectivity index (χ3v) is 3.92. The Morgan fingerprint density at radius 3 is 3.08 bits per heavy atom. The van der Waals surface area contributed by atoms with Gasteiger partial charge in [-0.2, -0.15) is 5.10 Å². The van der Waals surface area contributed by atoms with Crippen molar-refractivity contribution in [2.45, 2.75) is 12.1 Å². The van der Waals surface area contributed by atoms with Gasteiger partial charge in [0.15, 0.2) is 17.2 Å². The largest absolute Gasteiger partial charge is 0.486 e. The monoisotopic (exact) mass is 331 g/mol. The number of hydrogen-bond donors (Lipinski definition) is 2. The second kappa shape index (κ2) is 6.40. The van der Waals surface area contributed by atoms with Crippen LogP contribution in [0.5, 0.6) is 17.2 Å². The Hall–Kier alpha value is -2.74. The summed E-state index contributed by atoms with van der Waals surface area (Å²) in [5.41, 5.74) is 0.446. The Bertz CT molecular complexity index is 719. The van der Waals surface area contributed by atoms with Gasteiger partial charge in [-0.3, -0.25) is 9.89 Å². The van der Waals surface area contributed by atoms with Crippen LogP contribution in [-0.2, 0) is 4.74 Å². The molecule has 0 spiro atoms. The number of aromatic amines is 1. The molecule has 0 bridgehead atoms. The van der Waals surface area contributed by atoms with E-state index in [-0.39, 0.29) is 18.1 Å². The lowest BCUT2D eigenvalue weighted by Crippen LogP contribution is -2.45. The van der Waals surface area contributed by atoms with Crippen LogP contribution in [0.4, 0.5) is 0 Å². The van der Waals surface area contributed by atoms with Gasteiger partial charge in [-0.1, -0.05) is 6.07 Å². The maximum atomic E-state index is 12.6. The lowest BCUT2D eigenvalue weighted by Gasteiger charge is -2.23. The molecule has 0 radical (unpaired) electrons. The van der Waals surface area contributed by atoms with Crippen LogP contribution < -0.4 is 19.5 Å². The highest BCUT2D eigenvalue weighted by Crippen LogP contribution is 2.33. The van der Waals surface area contributed by atoms with Crippen LogP contribution in [0.3, 0.4) is 0 Å². The van der Waals surface area contributed by atoms with E-state index in [0.29, 0.717) is 49.2 Å². The molecule has 4 rings (SSSR count). The molecule has 2 N–H and O–H groups in total. The number of aromatic nitrogens is 2. The Kier molecular flexibility index (Phi) is 3.96. The third-order valence-electron chi connectivity index (χ3n) is 3.92. The zero-order valence-corrected chi connectivity index (χ0v) is 12.9. The van der Waals surface area contributed by atoms with Crippen molar-refractivity contribution in [1.82, 2.24) is 15.5 Å². The molecular weight excluding hydrogens is 314 g/mol. The van der Waals surface area contributed by atoms with Crippen LogP contribution in [0.2, 0.25) is 0 Å². The molecule has 24 heavy (non-hydrogen) atoms. The highest BCUT2D eigenvalue weighted by Gasteiger charge is 2.33. The summed E-state index contributed by atoms with van der Waals surface area (Å²) in [7, 11) is 0. The van der Waals surface area contributed by atoms with Crippen molar-refractivity contribution in [2.24, 2.45) is 0 Å². The second-order valence-corrected chi connectivity index (χ2v) is 5.54. The van der Waals surface area contributed by atoms with Crippen LogP contribution in [0.15, 0.2) is 30.6 Å². The summed E-state index contributed by atoms with van der Waals surface area (Å²) in [6, 6.07) is 5.01. The van der Waals surface area contributed by atoms with Crippen molar-refractivity contribution in [2.75, 3.05) is 26.4 Å². The van der Waals surface area contributed by atoms with Gasteiger partial charge in [0, 0.05) is 0 Å². The number of rotatable bonds is 4. The smallest absolute Gasteiger partial charge is 0.255 e. The fourth-order valence-corrected chi connectivity index (χ4v) is 2.76. The van der Waals surface area contributed by atoms with Crippen LogP contribution in [0.25, 0.3) is 0 Å². The number of carbonyl (C=O) groups excluding carboxylic acids is 1. The molecule has 8 heteroatoms. The van der Waals surface area contributed by atoms with Crippen molar-refractivity contribution in [1.29, 1.82) is 0 Å². The van der Waals surface area contributed by atoms with Crippen molar-refractivity contribution in [3.05, 3.63) is 36.2 Å². The van der Waals surface area contributed by atoms with Crippen LogP contribution in [-0.4, -0.2) is 54.7 Å². The van der Waals surface area contributed by atoms with Gasteiger partial charge in [-0.25, -0.2) is 0 Å². The number of fused-ring (bicyclic) bond motifs is 1. The molecule has 3 heterocycles. The van der Waals surface area contributed by atoms with Crippen molar-refractivity contribution in [3.63, 3.8) is 0 Å². The van der Waals surface area contributed by atoms with Crippen LogP contribution in [0, 0.1) is 0 Å². The van der Waals surface area contributed by atoms with E-state index in [2.05, 4.69) is 15.5 Å². The number of para-hydroxylation sites is 1. The molecule has 2 aliphatic rings. The van der Waals surface area contributed by atoms with Crippen molar-refractivity contribution in [3.8, 4) is 17.2 Å². The number of hydrogen-bond acceptors (Lipinski definition) is 6. The number of ether oxygens (including phenoxy) is 4. The molecular formula is C16H17N3O5. The summed E-state index contributed by atoms with van der Waals surface area (Å²) in [5, 5.41) is 9.48. The summed E-state index contributed by atoms with van der Waals surface area (Å²) in [4.78, 5) is 12.6. The SMILES string of the molecule is O=C(N[C@H]1COC[C@H]1Oc1cn[nH]c1)c1cccc2c1OCCO2. The molecule has 0 saturated carbocycles. The zero-order valence-electron chi connectivity index (χ0n) is 12.9. The van der Waals surface area contributed by atoms with E-state index in [1.165, 1.54) is 0 Å². The van der Waals surface area contributed by atoms with E-state index >= 15 is 0 Å². The summed E-state index contributed by atoms with van der Waals surface area (Å²) in [6.07, 6.45) is 2.95. The Balaban J connectivity index is 1.47. The lowest BCUT2D eigenvalue weighted by atomic mass is 10.1. The normalized spacial score (nSPS) is 22.2. The fraction of sp³-hybridized carbons (Fsp3) is 0.375. The molecule has 1 fully saturated rings. The number of carbonyl (C=O) groups is 1. The average Bonchev–Trinajstić information content (AvgIpc) is 3.27. The third kappa shape index (κ3) is 2.88. The predicted octanol–water partition coefficient (Wildman–Crippen LogP) is 0.757. The summed E-state index contributed by atoms with van der Waals surface area (Å²) in [5.74, 6) is 1.43. The standard InChI is InChI=1S/C16H17N3O5/c20-16(11-2-1-3-13-15(11)23-5-4-22-13)19-12-8-21-9-14(12)24-10-6-17-18-7-10/h1-3,6-7,12,14H,4-5,8-9H2,(H,17,18)(H,19,20)/t12-,14+/m0/s1. The van der Waals surface area contributed by atoms with Gasteiger partial charge in [-0.05, 0) is 12.1 Å². The average molecular weight is 331 g/mol. The van der Waals surface area contributed by atoms with Gasteiger partial charge in [0.25, 0.3) is 5.91 Å². The van der Waals surface area contributed by atoms with Gasteiger partial charge >= 0.3 is 0 Å². The summed E-state index contributed by atoms with van der Waals surface area (Å²) < 4.78 is 22.3. The van der Waals surface area contributed by atoms with Crippen LogP contribution in [0.1, 0.15) is 10.4 Å². The first-order valence-electron chi connectivity index (χ1n) is 7.74. The first-order valence-corrected chi connectivity index (χ1v) is 7.74. The molecule has 8 nitrogen and oxygen atoms in total. The van der Waals surface area contributed by atoms with E-state index in [1.54, 1.807) is 30.6 Å². The summed E-state index contributed by atoms with van der Waals surface area (Å²) >= 11 is 0. The second-order valence-electron chi connectivity index (χ2n) is 5.54. The molecule has 0 aliphatic carbocycles. The van der Waals surface area contributed by atoms with Crippen molar-refractivity contribution < 1.29 is 23.7 Å². The molecule has 1 saturated heterocycles. The Morgan fingerprint density at radius 2 is 2.21 bits per heavy atom. The predicted molar refractivity (Wildman–Crippen MR) is 82.5 cm³/mol. The van der Waals surface area contributed by atoms with E-state index in [0.717, 1.165) is 0 Å². The fourth-order valence-electron chi connectivity index (χ4n) is 2.76. The molecule has 126 valence electrons. The maximum Gasteiger partial charge on any atom is 0.255 e. The summed E-state index contributed by atoms with van der Waals surface area (Å²) in [6.45, 7) is 1.70. The number of nitrogens with one attached hydrogen (secondary N) is 2. The quantitative estimate of drug-likeness (QED) is 0.859. The Labute approximate surface area is 138 Å². The van der Waals surface area contributed by atoms with Crippen molar-refractivity contribution >= 4 is 5.91 Å². The minimum absolute atomic E-state index is 0.242. The zero-order chi connectivity index (χ0) is 16.4. The number of nitrogens with zero attached hydrogens (tertiary/aromatic N) is 1. The first kappa shape index (κ1) is 14.8. The van der Waals surface area contributed by atoms with Gasteiger partial charge in [-0.15, -0.1) is 0 Å². The van der Waals surface area contributed by atoms with Gasteiger partial charge in [0.1, 0.15) is 19.3 Å².